The van der Waals surface area contributed by atoms with Gasteiger partial charge in [0.1, 0.15) is 11.6 Å². The molecule has 0 atom stereocenters. The van der Waals surface area contributed by atoms with Crippen molar-refractivity contribution in [1.29, 1.82) is 0 Å². The van der Waals surface area contributed by atoms with Gasteiger partial charge in [-0.3, -0.25) is 0 Å². The second-order valence-electron chi connectivity index (χ2n) is 3.59. The summed E-state index contributed by atoms with van der Waals surface area (Å²) in [5, 5.41) is 0. The predicted octanol–water partition coefficient (Wildman–Crippen LogP) is 0.987. The number of hydrogen-bond acceptors (Lipinski definition) is 5. The lowest BCUT2D eigenvalue weighted by Gasteiger charge is -2.07. The highest BCUT2D eigenvalue weighted by Gasteiger charge is 2.18. The van der Waals surface area contributed by atoms with Crippen LogP contribution >= 0.6 is 0 Å². The van der Waals surface area contributed by atoms with Crippen LogP contribution in [0.2, 0.25) is 0 Å². The predicted molar refractivity (Wildman–Crippen MR) is 63.8 cm³/mol. The van der Waals surface area contributed by atoms with Crippen molar-refractivity contribution in [3.05, 3.63) is 11.5 Å². The maximum absolute atomic E-state index is 11.4. The topological polar surface area (TPSA) is 79.4 Å². The number of carbonyl (C=O) groups excluding carboxylic acids is 1. The molecule has 6 nitrogen and oxygen atoms in total. The van der Waals surface area contributed by atoms with E-state index in [9.17, 15) is 4.79 Å². The molecule has 6 heteroatoms. The standard InChI is InChI=1S/C11H19N3O3/c1-4-17-7-5-6-14-8(2)13-9(10(14)12)11(15)16-3/h4-7,12H2,1-3H3. The van der Waals surface area contributed by atoms with E-state index in [0.29, 0.717) is 31.4 Å². The van der Waals surface area contributed by atoms with Crippen LogP contribution in [0.5, 0.6) is 0 Å². The Bertz CT molecular complexity index is 388. The fourth-order valence-corrected chi connectivity index (χ4v) is 1.58. The van der Waals surface area contributed by atoms with Crippen molar-refractivity contribution >= 4 is 11.8 Å². The third kappa shape index (κ3) is 3.20. The van der Waals surface area contributed by atoms with Crippen LogP contribution in [0.15, 0.2) is 0 Å². The number of anilines is 1. The van der Waals surface area contributed by atoms with E-state index in [1.165, 1.54) is 7.11 Å². The number of esters is 1. The summed E-state index contributed by atoms with van der Waals surface area (Å²) in [6.45, 7) is 5.81. The first kappa shape index (κ1) is 13.5. The Labute approximate surface area is 101 Å². The molecule has 2 N–H and O–H groups in total. The Hall–Kier alpha value is -1.56. The number of carbonyl (C=O) groups is 1. The van der Waals surface area contributed by atoms with Gasteiger partial charge < -0.3 is 19.8 Å². The minimum absolute atomic E-state index is 0.182. The van der Waals surface area contributed by atoms with Crippen molar-refractivity contribution < 1.29 is 14.3 Å². The molecule has 0 spiro atoms. The normalized spacial score (nSPS) is 10.5. The van der Waals surface area contributed by atoms with E-state index in [1.807, 2.05) is 13.8 Å². The summed E-state index contributed by atoms with van der Waals surface area (Å²) in [6.07, 6.45) is 0.829. The van der Waals surface area contributed by atoms with Gasteiger partial charge in [-0.1, -0.05) is 0 Å². The van der Waals surface area contributed by atoms with Gasteiger partial charge in [-0.15, -0.1) is 0 Å². The second kappa shape index (κ2) is 6.24. The van der Waals surface area contributed by atoms with Gasteiger partial charge in [-0.05, 0) is 20.3 Å². The molecule has 0 aliphatic heterocycles. The number of nitrogens with two attached hydrogens (primary N) is 1. The van der Waals surface area contributed by atoms with Gasteiger partial charge in [0, 0.05) is 19.8 Å². The van der Waals surface area contributed by atoms with Crippen LogP contribution in [-0.2, 0) is 16.0 Å². The molecule has 17 heavy (non-hydrogen) atoms. The van der Waals surface area contributed by atoms with Crippen LogP contribution in [0.25, 0.3) is 0 Å². The maximum Gasteiger partial charge on any atom is 0.360 e. The first-order chi connectivity index (χ1) is 8.11. The summed E-state index contributed by atoms with van der Waals surface area (Å²) >= 11 is 0. The Balaban J connectivity index is 2.72. The number of hydrogen-bond donors (Lipinski definition) is 1. The average Bonchev–Trinajstić information content (AvgIpc) is 2.60. The van der Waals surface area contributed by atoms with Crippen LogP contribution in [-0.4, -0.2) is 35.8 Å². The van der Waals surface area contributed by atoms with E-state index < -0.39 is 5.97 Å². The fourth-order valence-electron chi connectivity index (χ4n) is 1.58. The third-order valence-corrected chi connectivity index (χ3v) is 2.45. The number of rotatable bonds is 6. The molecule has 0 fully saturated rings. The SMILES string of the molecule is CCOCCCn1c(C)nc(C(=O)OC)c1N. The highest BCUT2D eigenvalue weighted by Crippen LogP contribution is 2.15. The maximum atomic E-state index is 11.4. The van der Waals surface area contributed by atoms with Crippen LogP contribution in [0.1, 0.15) is 29.7 Å². The monoisotopic (exact) mass is 241 g/mol. The lowest BCUT2D eigenvalue weighted by molar-refractivity contribution is 0.0595. The van der Waals surface area contributed by atoms with Gasteiger partial charge in [0.25, 0.3) is 0 Å². The number of aromatic nitrogens is 2. The molecule has 0 saturated carbocycles. The van der Waals surface area contributed by atoms with Gasteiger partial charge in [-0.25, -0.2) is 9.78 Å². The molecule has 0 aliphatic carbocycles. The number of ether oxygens (including phenoxy) is 2. The van der Waals surface area contributed by atoms with Crippen LogP contribution in [0.4, 0.5) is 5.82 Å². The van der Waals surface area contributed by atoms with E-state index in [-0.39, 0.29) is 5.69 Å². The van der Waals surface area contributed by atoms with E-state index in [2.05, 4.69) is 9.72 Å². The van der Waals surface area contributed by atoms with E-state index in [4.69, 9.17) is 10.5 Å². The summed E-state index contributed by atoms with van der Waals surface area (Å²) in [5.41, 5.74) is 6.04. The lowest BCUT2D eigenvalue weighted by atomic mass is 10.4. The smallest absolute Gasteiger partial charge is 0.360 e. The molecule has 0 aromatic carbocycles. The zero-order valence-corrected chi connectivity index (χ0v) is 10.5. The molecule has 0 bridgehead atoms. The molecule has 1 aromatic heterocycles. The quantitative estimate of drug-likeness (QED) is 0.593. The van der Waals surface area contributed by atoms with Crippen LogP contribution in [0.3, 0.4) is 0 Å². The van der Waals surface area contributed by atoms with Crippen LogP contribution < -0.4 is 5.73 Å². The van der Waals surface area contributed by atoms with Crippen molar-refractivity contribution in [2.45, 2.75) is 26.8 Å². The highest BCUT2D eigenvalue weighted by molar-refractivity contribution is 5.92. The van der Waals surface area contributed by atoms with Gasteiger partial charge in [-0.2, -0.15) is 0 Å². The lowest BCUT2D eigenvalue weighted by Crippen LogP contribution is -2.10. The molecule has 0 amide bonds. The van der Waals surface area contributed by atoms with Crippen molar-refractivity contribution in [3.63, 3.8) is 0 Å². The highest BCUT2D eigenvalue weighted by atomic mass is 16.5. The third-order valence-electron chi connectivity index (χ3n) is 2.45. The molecule has 0 saturated heterocycles. The average molecular weight is 241 g/mol. The van der Waals surface area contributed by atoms with Gasteiger partial charge in [0.15, 0.2) is 5.69 Å². The molecule has 1 aromatic rings. The zero-order valence-electron chi connectivity index (χ0n) is 10.5. The number of aryl methyl sites for hydroxylation is 1. The molecule has 0 radical (unpaired) electrons. The summed E-state index contributed by atoms with van der Waals surface area (Å²) < 4.78 is 11.7. The Kier molecular flexibility index (Phi) is 4.96. The van der Waals surface area contributed by atoms with E-state index in [0.717, 1.165) is 6.42 Å². The molecule has 96 valence electrons. The summed E-state index contributed by atoms with van der Waals surface area (Å²) in [4.78, 5) is 15.5. The van der Waals surface area contributed by atoms with Crippen molar-refractivity contribution in [2.24, 2.45) is 0 Å². The molecular formula is C11H19N3O3. The largest absolute Gasteiger partial charge is 0.464 e. The summed E-state index contributed by atoms with van der Waals surface area (Å²) in [5.74, 6) is 0.555. The minimum atomic E-state index is -0.505. The van der Waals surface area contributed by atoms with Crippen molar-refractivity contribution in [2.75, 3.05) is 26.1 Å². The first-order valence-corrected chi connectivity index (χ1v) is 5.60. The number of nitrogen functional groups attached to an aromatic ring is 1. The Morgan fingerprint density at radius 3 is 2.82 bits per heavy atom. The van der Waals surface area contributed by atoms with Crippen LogP contribution in [0, 0.1) is 6.92 Å². The van der Waals surface area contributed by atoms with Gasteiger partial charge >= 0.3 is 5.97 Å². The number of imidazole rings is 1. The van der Waals surface area contributed by atoms with E-state index >= 15 is 0 Å². The van der Waals surface area contributed by atoms with Crippen molar-refractivity contribution in [3.8, 4) is 0 Å². The van der Waals surface area contributed by atoms with Gasteiger partial charge in [0.05, 0.1) is 7.11 Å². The van der Waals surface area contributed by atoms with E-state index in [1.54, 1.807) is 4.57 Å². The minimum Gasteiger partial charge on any atom is -0.464 e. The molecular weight excluding hydrogens is 222 g/mol. The number of nitrogens with zero attached hydrogens (tertiary/aromatic N) is 2. The Morgan fingerprint density at radius 1 is 1.53 bits per heavy atom. The second-order valence-corrected chi connectivity index (χ2v) is 3.59. The fraction of sp³-hybridized carbons (Fsp3) is 0.636. The molecule has 1 heterocycles. The van der Waals surface area contributed by atoms with Gasteiger partial charge in [0.2, 0.25) is 0 Å². The summed E-state index contributed by atoms with van der Waals surface area (Å²) in [6, 6.07) is 0. The van der Waals surface area contributed by atoms with Crippen molar-refractivity contribution in [1.82, 2.24) is 9.55 Å². The first-order valence-electron chi connectivity index (χ1n) is 5.60. The Morgan fingerprint density at radius 2 is 2.24 bits per heavy atom. The number of methoxy groups -OCH3 is 1. The zero-order chi connectivity index (χ0) is 12.8. The molecule has 0 unspecified atom stereocenters. The molecule has 0 aliphatic rings. The molecule has 1 rings (SSSR count). The summed E-state index contributed by atoms with van der Waals surface area (Å²) in [7, 11) is 1.31.